The predicted octanol–water partition coefficient (Wildman–Crippen LogP) is 4.22. The van der Waals surface area contributed by atoms with Gasteiger partial charge < -0.3 is 14.6 Å². The highest BCUT2D eigenvalue weighted by Crippen LogP contribution is 2.37. The fourth-order valence-corrected chi connectivity index (χ4v) is 3.47. The Labute approximate surface area is 162 Å². The van der Waals surface area contributed by atoms with Crippen molar-refractivity contribution in [2.75, 3.05) is 6.79 Å². The van der Waals surface area contributed by atoms with Gasteiger partial charge in [-0.25, -0.2) is 4.98 Å². The van der Waals surface area contributed by atoms with Gasteiger partial charge in [0.2, 0.25) is 6.79 Å². The zero-order valence-electron chi connectivity index (χ0n) is 14.2. The Balaban J connectivity index is 1.67. The molecule has 28 heavy (non-hydrogen) atoms. The van der Waals surface area contributed by atoms with E-state index in [2.05, 4.69) is 11.1 Å². The molecule has 0 unspecified atom stereocenters. The number of fused-ring (bicyclic) bond motifs is 1. The summed E-state index contributed by atoms with van der Waals surface area (Å²) in [5.41, 5.74) is 1.75. The van der Waals surface area contributed by atoms with E-state index in [0.29, 0.717) is 27.8 Å². The van der Waals surface area contributed by atoms with Crippen LogP contribution in [0.5, 0.6) is 17.2 Å². The van der Waals surface area contributed by atoms with Crippen LogP contribution in [0.2, 0.25) is 0 Å². The van der Waals surface area contributed by atoms with E-state index < -0.39 is 16.4 Å². The minimum Gasteiger partial charge on any atom is -0.502 e. The molecule has 138 valence electrons. The number of phenolic OH excluding ortho intramolecular Hbond substituents is 1. The topological polar surface area (TPSA) is 119 Å². The molecule has 0 saturated heterocycles. The van der Waals surface area contributed by atoms with Gasteiger partial charge in [-0.2, -0.15) is 5.26 Å². The Morgan fingerprint density at radius 2 is 2.11 bits per heavy atom. The molecule has 0 atom stereocenters. The van der Waals surface area contributed by atoms with Crippen LogP contribution in [-0.2, 0) is 0 Å². The molecule has 2 heterocycles. The van der Waals surface area contributed by atoms with Gasteiger partial charge >= 0.3 is 5.69 Å². The highest BCUT2D eigenvalue weighted by Gasteiger charge is 2.17. The van der Waals surface area contributed by atoms with Gasteiger partial charge in [-0.05, 0) is 35.9 Å². The number of hydrogen-bond donors (Lipinski definition) is 1. The molecular formula is C19H11N3O5S. The third kappa shape index (κ3) is 3.24. The van der Waals surface area contributed by atoms with E-state index >= 15 is 0 Å². The molecular weight excluding hydrogens is 382 g/mol. The number of nitrogens with zero attached hydrogens (tertiary/aromatic N) is 3. The number of hydrogen-bond acceptors (Lipinski definition) is 8. The summed E-state index contributed by atoms with van der Waals surface area (Å²) in [7, 11) is 0. The van der Waals surface area contributed by atoms with E-state index in [1.165, 1.54) is 35.6 Å². The van der Waals surface area contributed by atoms with Crippen LogP contribution >= 0.6 is 11.3 Å². The van der Waals surface area contributed by atoms with Crippen LogP contribution in [0.15, 0.2) is 41.8 Å². The van der Waals surface area contributed by atoms with Crippen molar-refractivity contribution in [3.8, 4) is 34.6 Å². The number of ether oxygens (including phenoxy) is 2. The van der Waals surface area contributed by atoms with Gasteiger partial charge in [-0.15, -0.1) is 11.3 Å². The van der Waals surface area contributed by atoms with E-state index in [-0.39, 0.29) is 12.4 Å². The van der Waals surface area contributed by atoms with Crippen molar-refractivity contribution < 1.29 is 19.5 Å². The van der Waals surface area contributed by atoms with Crippen molar-refractivity contribution >= 4 is 28.7 Å². The normalized spacial score (nSPS) is 12.6. The molecule has 0 aliphatic carbocycles. The smallest absolute Gasteiger partial charge is 0.311 e. The largest absolute Gasteiger partial charge is 0.502 e. The maximum atomic E-state index is 11.0. The van der Waals surface area contributed by atoms with Crippen LogP contribution < -0.4 is 9.47 Å². The maximum absolute atomic E-state index is 11.0. The second kappa shape index (κ2) is 7.02. The van der Waals surface area contributed by atoms with Crippen LogP contribution in [-0.4, -0.2) is 21.8 Å². The van der Waals surface area contributed by atoms with Crippen LogP contribution in [0, 0.1) is 21.4 Å². The van der Waals surface area contributed by atoms with E-state index in [1.54, 1.807) is 6.07 Å². The molecule has 3 aromatic rings. The maximum Gasteiger partial charge on any atom is 0.311 e. The number of nitriles is 1. The molecule has 1 aliphatic heterocycles. The average molecular weight is 393 g/mol. The Morgan fingerprint density at radius 3 is 2.89 bits per heavy atom. The number of aromatic hydroxyl groups is 1. The molecule has 1 aromatic heterocycles. The quantitative estimate of drug-likeness (QED) is 0.400. The molecule has 0 spiro atoms. The lowest BCUT2D eigenvalue weighted by Crippen LogP contribution is -1.92. The molecule has 9 heteroatoms. The molecule has 4 rings (SSSR count). The highest BCUT2D eigenvalue weighted by atomic mass is 32.1. The average Bonchev–Trinajstić information content (AvgIpc) is 3.35. The first-order valence-corrected chi connectivity index (χ1v) is 8.88. The molecule has 0 saturated carbocycles. The summed E-state index contributed by atoms with van der Waals surface area (Å²) in [6.45, 7) is 0.182. The van der Waals surface area contributed by atoms with Gasteiger partial charge in [0.15, 0.2) is 17.2 Å². The van der Waals surface area contributed by atoms with Gasteiger partial charge in [0.25, 0.3) is 0 Å². The molecule has 0 radical (unpaired) electrons. The van der Waals surface area contributed by atoms with Crippen LogP contribution in [0.1, 0.15) is 10.6 Å². The third-order valence-electron chi connectivity index (χ3n) is 4.03. The summed E-state index contributed by atoms with van der Waals surface area (Å²) < 4.78 is 10.7. The summed E-state index contributed by atoms with van der Waals surface area (Å²) in [4.78, 5) is 14.8. The molecule has 0 bridgehead atoms. The third-order valence-corrected chi connectivity index (χ3v) is 4.91. The number of benzene rings is 2. The van der Waals surface area contributed by atoms with E-state index in [4.69, 9.17) is 9.47 Å². The number of thiazole rings is 1. The lowest BCUT2D eigenvalue weighted by molar-refractivity contribution is -0.385. The number of nitro benzene ring substituents is 1. The Bertz CT molecular complexity index is 1160. The lowest BCUT2D eigenvalue weighted by Gasteiger charge is -2.00. The van der Waals surface area contributed by atoms with Gasteiger partial charge in [0.1, 0.15) is 11.1 Å². The summed E-state index contributed by atoms with van der Waals surface area (Å²) >= 11 is 1.29. The Kier molecular flexibility index (Phi) is 4.39. The summed E-state index contributed by atoms with van der Waals surface area (Å²) in [6, 6.07) is 11.5. The molecule has 0 amide bonds. The molecule has 8 nitrogen and oxygen atoms in total. The summed E-state index contributed by atoms with van der Waals surface area (Å²) in [6.07, 6.45) is 1.49. The number of rotatable bonds is 4. The fraction of sp³-hybridized carbons (Fsp3) is 0.0526. The van der Waals surface area contributed by atoms with Crippen molar-refractivity contribution in [3.05, 3.63) is 62.5 Å². The lowest BCUT2D eigenvalue weighted by atomic mass is 10.1. The van der Waals surface area contributed by atoms with Gasteiger partial charge in [-0.1, -0.05) is 6.07 Å². The van der Waals surface area contributed by atoms with Gasteiger partial charge in [0.05, 0.1) is 16.2 Å². The minimum absolute atomic E-state index is 0.182. The van der Waals surface area contributed by atoms with Crippen molar-refractivity contribution in [3.63, 3.8) is 0 Å². The highest BCUT2D eigenvalue weighted by molar-refractivity contribution is 7.11. The second-order valence-electron chi connectivity index (χ2n) is 5.78. The molecule has 2 aromatic carbocycles. The van der Waals surface area contributed by atoms with E-state index in [0.717, 1.165) is 5.56 Å². The van der Waals surface area contributed by atoms with Crippen molar-refractivity contribution in [1.82, 2.24) is 4.98 Å². The van der Waals surface area contributed by atoms with E-state index in [9.17, 15) is 20.5 Å². The molecule has 1 N–H and O–H groups in total. The SMILES string of the molecule is N#C/C(=C\c1ccc(O)c([N+](=O)[O-])c1)c1nc(-c2ccc3c(c2)OCO3)cs1. The summed E-state index contributed by atoms with van der Waals surface area (Å²) in [5, 5.41) is 32.3. The Morgan fingerprint density at radius 1 is 1.29 bits per heavy atom. The van der Waals surface area contributed by atoms with Gasteiger partial charge in [-0.3, -0.25) is 10.1 Å². The first-order chi connectivity index (χ1) is 13.5. The number of phenols is 1. The van der Waals surface area contributed by atoms with Crippen molar-refractivity contribution in [2.24, 2.45) is 0 Å². The standard InChI is InChI=1S/C19H11N3O5S/c20-8-13(5-11-1-3-16(23)15(6-11)22(24)25)19-21-14(9-28-19)12-2-4-17-18(7-12)27-10-26-17/h1-7,9,23H,10H2/b13-5+. The monoisotopic (exact) mass is 393 g/mol. The first kappa shape index (κ1) is 17.5. The fourth-order valence-electron chi connectivity index (χ4n) is 2.67. The molecule has 1 aliphatic rings. The number of aromatic nitrogens is 1. The van der Waals surface area contributed by atoms with Crippen molar-refractivity contribution in [1.29, 1.82) is 5.26 Å². The van der Waals surface area contributed by atoms with Crippen LogP contribution in [0.4, 0.5) is 5.69 Å². The van der Waals surface area contributed by atoms with Gasteiger partial charge in [0, 0.05) is 17.0 Å². The van der Waals surface area contributed by atoms with Crippen LogP contribution in [0.3, 0.4) is 0 Å². The second-order valence-corrected chi connectivity index (χ2v) is 6.64. The first-order valence-electron chi connectivity index (χ1n) is 8.00. The zero-order valence-corrected chi connectivity index (χ0v) is 15.0. The zero-order chi connectivity index (χ0) is 19.7. The number of nitro groups is 1. The van der Waals surface area contributed by atoms with Crippen LogP contribution in [0.25, 0.3) is 22.9 Å². The van der Waals surface area contributed by atoms with Crippen molar-refractivity contribution in [2.45, 2.75) is 0 Å². The number of allylic oxidation sites excluding steroid dienone is 1. The summed E-state index contributed by atoms with van der Waals surface area (Å²) in [5.74, 6) is 0.880. The minimum atomic E-state index is -0.681. The Hall–Kier alpha value is -3.90. The van der Waals surface area contributed by atoms with E-state index in [1.807, 2.05) is 17.5 Å². The molecule has 0 fully saturated rings. The predicted molar refractivity (Wildman–Crippen MR) is 102 cm³/mol.